The Morgan fingerprint density at radius 1 is 1.22 bits per heavy atom. The fourth-order valence-corrected chi connectivity index (χ4v) is 2.47. The van der Waals surface area contributed by atoms with Gasteiger partial charge in [0.15, 0.2) is 5.78 Å². The molecule has 1 fully saturated rings. The molecule has 0 amide bonds. The second-order valence-electron chi connectivity index (χ2n) is 5.18. The number of carbonyl (C=O) groups is 1. The van der Waals surface area contributed by atoms with Crippen molar-refractivity contribution < 1.29 is 9.53 Å². The maximum atomic E-state index is 12.4. The highest BCUT2D eigenvalue weighted by molar-refractivity contribution is 6.01. The van der Waals surface area contributed by atoms with Gasteiger partial charge in [-0.15, -0.1) is 0 Å². The molecule has 0 radical (unpaired) electrons. The Hall–Kier alpha value is -1.19. The molecule has 0 aromatic heterocycles. The lowest BCUT2D eigenvalue weighted by atomic mass is 9.95. The van der Waals surface area contributed by atoms with E-state index in [4.69, 9.17) is 10.5 Å². The lowest BCUT2D eigenvalue weighted by Gasteiger charge is -2.14. The van der Waals surface area contributed by atoms with E-state index in [1.54, 1.807) is 0 Å². The Balaban J connectivity index is 2.22. The van der Waals surface area contributed by atoms with E-state index in [-0.39, 0.29) is 18.0 Å². The van der Waals surface area contributed by atoms with Crippen LogP contribution >= 0.6 is 0 Å². The summed E-state index contributed by atoms with van der Waals surface area (Å²) in [6.45, 7) is 6.57. The number of nitrogens with two attached hydrogens (primary N) is 1. The maximum absolute atomic E-state index is 12.4. The molecule has 18 heavy (non-hydrogen) atoms. The fourth-order valence-electron chi connectivity index (χ4n) is 2.47. The maximum Gasteiger partial charge on any atom is 0.191 e. The van der Waals surface area contributed by atoms with Crippen LogP contribution in [0.3, 0.4) is 0 Å². The standard InChI is InChI=1S/C15H21NO2/c1-9-6-11(3)13(7-10(9)2)15(17)14-5-4-12(8-16)18-14/h6-7,12,14H,4-5,8,16H2,1-3H3. The number of ketones is 1. The van der Waals surface area contributed by atoms with Crippen molar-refractivity contribution in [2.75, 3.05) is 6.54 Å². The first-order valence-corrected chi connectivity index (χ1v) is 6.50. The van der Waals surface area contributed by atoms with E-state index in [9.17, 15) is 4.79 Å². The Morgan fingerprint density at radius 2 is 1.89 bits per heavy atom. The lowest BCUT2D eigenvalue weighted by molar-refractivity contribution is 0.0403. The molecule has 0 bridgehead atoms. The second kappa shape index (κ2) is 5.21. The highest BCUT2D eigenvalue weighted by Gasteiger charge is 2.31. The van der Waals surface area contributed by atoms with Gasteiger partial charge in [-0.1, -0.05) is 6.07 Å². The molecule has 3 heteroatoms. The van der Waals surface area contributed by atoms with Crippen LogP contribution in [0, 0.1) is 20.8 Å². The molecule has 2 rings (SSSR count). The van der Waals surface area contributed by atoms with Crippen molar-refractivity contribution in [3.05, 3.63) is 34.4 Å². The minimum atomic E-state index is -0.306. The van der Waals surface area contributed by atoms with Gasteiger partial charge in [0, 0.05) is 12.1 Å². The third-order valence-corrected chi connectivity index (χ3v) is 3.77. The molecule has 98 valence electrons. The second-order valence-corrected chi connectivity index (χ2v) is 5.18. The summed E-state index contributed by atoms with van der Waals surface area (Å²) in [6, 6.07) is 4.05. The molecule has 1 heterocycles. The smallest absolute Gasteiger partial charge is 0.191 e. The van der Waals surface area contributed by atoms with Crippen molar-refractivity contribution in [3.8, 4) is 0 Å². The highest BCUT2D eigenvalue weighted by atomic mass is 16.5. The minimum Gasteiger partial charge on any atom is -0.366 e. The summed E-state index contributed by atoms with van der Waals surface area (Å²) in [5.74, 6) is 0.103. The largest absolute Gasteiger partial charge is 0.366 e. The van der Waals surface area contributed by atoms with Crippen molar-refractivity contribution in [3.63, 3.8) is 0 Å². The molecule has 3 nitrogen and oxygen atoms in total. The zero-order valence-electron chi connectivity index (χ0n) is 11.3. The van der Waals surface area contributed by atoms with Crippen LogP contribution in [0.2, 0.25) is 0 Å². The molecular weight excluding hydrogens is 226 g/mol. The zero-order chi connectivity index (χ0) is 13.3. The molecule has 2 N–H and O–H groups in total. The molecular formula is C15H21NO2. The van der Waals surface area contributed by atoms with E-state index in [1.165, 1.54) is 5.56 Å². The first kappa shape index (κ1) is 13.2. The number of carbonyl (C=O) groups excluding carboxylic acids is 1. The van der Waals surface area contributed by atoms with Gasteiger partial charge in [0.25, 0.3) is 0 Å². The van der Waals surface area contributed by atoms with E-state index in [0.717, 1.165) is 29.5 Å². The Bertz CT molecular complexity index is 468. The number of hydrogen-bond donors (Lipinski definition) is 1. The number of ether oxygens (including phenoxy) is 1. The first-order valence-electron chi connectivity index (χ1n) is 6.50. The number of Topliss-reactive ketones (excluding diaryl/α,β-unsaturated/α-hetero) is 1. The van der Waals surface area contributed by atoms with Crippen molar-refractivity contribution in [2.45, 2.75) is 45.8 Å². The predicted molar refractivity (Wildman–Crippen MR) is 71.9 cm³/mol. The molecule has 1 aromatic rings. The van der Waals surface area contributed by atoms with E-state index in [1.807, 2.05) is 19.9 Å². The van der Waals surface area contributed by atoms with Gasteiger partial charge in [0.1, 0.15) is 6.10 Å². The average molecular weight is 247 g/mol. The molecule has 2 unspecified atom stereocenters. The van der Waals surface area contributed by atoms with E-state index in [2.05, 4.69) is 13.0 Å². The summed E-state index contributed by atoms with van der Waals surface area (Å²) in [7, 11) is 0. The Kier molecular flexibility index (Phi) is 3.83. The molecule has 0 spiro atoms. The van der Waals surface area contributed by atoms with Gasteiger partial charge in [-0.2, -0.15) is 0 Å². The first-order chi connectivity index (χ1) is 8.52. The summed E-state index contributed by atoms with van der Waals surface area (Å²) in [5, 5.41) is 0. The van der Waals surface area contributed by atoms with Crippen LogP contribution in [0.5, 0.6) is 0 Å². The number of hydrogen-bond acceptors (Lipinski definition) is 3. The van der Waals surface area contributed by atoms with Crippen molar-refractivity contribution >= 4 is 5.78 Å². The number of rotatable bonds is 3. The van der Waals surface area contributed by atoms with Crippen LogP contribution in [-0.4, -0.2) is 24.5 Å². The average Bonchev–Trinajstić information content (AvgIpc) is 2.81. The van der Waals surface area contributed by atoms with Crippen molar-refractivity contribution in [2.24, 2.45) is 5.73 Å². The number of benzene rings is 1. The van der Waals surface area contributed by atoms with Crippen molar-refractivity contribution in [1.29, 1.82) is 0 Å². The molecule has 1 saturated heterocycles. The highest BCUT2D eigenvalue weighted by Crippen LogP contribution is 2.25. The van der Waals surface area contributed by atoms with Gasteiger partial charge in [0.2, 0.25) is 0 Å². The van der Waals surface area contributed by atoms with Gasteiger partial charge in [-0.25, -0.2) is 0 Å². The van der Waals surface area contributed by atoms with E-state index < -0.39 is 0 Å². The normalized spacial score (nSPS) is 23.3. The van der Waals surface area contributed by atoms with Gasteiger partial charge in [0.05, 0.1) is 6.10 Å². The van der Waals surface area contributed by atoms with Gasteiger partial charge in [-0.05, 0) is 56.4 Å². The van der Waals surface area contributed by atoms with Gasteiger partial charge < -0.3 is 10.5 Å². The summed E-state index contributed by atoms with van der Waals surface area (Å²) >= 11 is 0. The number of aryl methyl sites for hydroxylation is 3. The van der Waals surface area contributed by atoms with E-state index in [0.29, 0.717) is 6.54 Å². The monoisotopic (exact) mass is 247 g/mol. The molecule has 1 aliphatic rings. The van der Waals surface area contributed by atoms with Crippen LogP contribution in [0.1, 0.15) is 39.9 Å². The third kappa shape index (κ3) is 2.47. The summed E-state index contributed by atoms with van der Waals surface area (Å²) in [6.07, 6.45) is 1.41. The van der Waals surface area contributed by atoms with Crippen LogP contribution < -0.4 is 5.73 Å². The molecule has 0 saturated carbocycles. The van der Waals surface area contributed by atoms with Crippen LogP contribution in [0.4, 0.5) is 0 Å². The molecule has 0 aliphatic carbocycles. The summed E-state index contributed by atoms with van der Waals surface area (Å²) in [4.78, 5) is 12.4. The molecule has 2 atom stereocenters. The molecule has 1 aliphatic heterocycles. The molecule has 1 aromatic carbocycles. The zero-order valence-corrected chi connectivity index (χ0v) is 11.3. The third-order valence-electron chi connectivity index (χ3n) is 3.77. The predicted octanol–water partition coefficient (Wildman–Crippen LogP) is 2.30. The van der Waals surface area contributed by atoms with Crippen LogP contribution in [0.25, 0.3) is 0 Å². The summed E-state index contributed by atoms with van der Waals surface area (Å²) in [5.41, 5.74) is 9.76. The summed E-state index contributed by atoms with van der Waals surface area (Å²) < 4.78 is 5.68. The SMILES string of the molecule is Cc1cc(C)c(C(=O)C2CCC(CN)O2)cc1C. The Morgan fingerprint density at radius 3 is 2.50 bits per heavy atom. The Labute approximate surface area is 108 Å². The topological polar surface area (TPSA) is 52.3 Å². The quantitative estimate of drug-likeness (QED) is 0.834. The van der Waals surface area contributed by atoms with Gasteiger partial charge >= 0.3 is 0 Å². The minimum absolute atomic E-state index is 0.0470. The lowest BCUT2D eigenvalue weighted by Crippen LogP contribution is -2.25. The van der Waals surface area contributed by atoms with E-state index >= 15 is 0 Å². The van der Waals surface area contributed by atoms with Crippen LogP contribution in [0.15, 0.2) is 12.1 Å². The fraction of sp³-hybridized carbons (Fsp3) is 0.533. The van der Waals surface area contributed by atoms with Gasteiger partial charge in [-0.3, -0.25) is 4.79 Å². The van der Waals surface area contributed by atoms with Crippen molar-refractivity contribution in [1.82, 2.24) is 0 Å². The van der Waals surface area contributed by atoms with Crippen LogP contribution in [-0.2, 0) is 4.74 Å².